The second-order valence-electron chi connectivity index (χ2n) is 4.89. The summed E-state index contributed by atoms with van der Waals surface area (Å²) in [5, 5.41) is 12.7. The predicted octanol–water partition coefficient (Wildman–Crippen LogP) is 0.923. The minimum absolute atomic E-state index is 0.0262. The molecule has 2 aromatic rings. The van der Waals surface area contributed by atoms with Crippen molar-refractivity contribution in [3.05, 3.63) is 23.7 Å². The summed E-state index contributed by atoms with van der Waals surface area (Å²) in [6.45, 7) is 6.96. The molecule has 0 aliphatic carbocycles. The molecule has 0 saturated carbocycles. The second-order valence-corrected chi connectivity index (χ2v) is 4.89. The standard InChI is InChI=1S/C11H17N5/c1-11(2,3)8-4-5-9-13-14-10(6-7-12)16(9)15-8/h4-5H,6-7,12H2,1-3H3. The van der Waals surface area contributed by atoms with Gasteiger partial charge in [0.2, 0.25) is 0 Å². The minimum atomic E-state index is 0.0262. The summed E-state index contributed by atoms with van der Waals surface area (Å²) in [6.07, 6.45) is 0.696. The highest BCUT2D eigenvalue weighted by Crippen LogP contribution is 2.19. The van der Waals surface area contributed by atoms with Gasteiger partial charge in [0.05, 0.1) is 5.69 Å². The molecule has 86 valence electrons. The van der Waals surface area contributed by atoms with Crippen LogP contribution < -0.4 is 5.73 Å². The molecule has 2 N–H and O–H groups in total. The first-order valence-corrected chi connectivity index (χ1v) is 5.44. The van der Waals surface area contributed by atoms with Crippen molar-refractivity contribution in [2.75, 3.05) is 6.54 Å². The van der Waals surface area contributed by atoms with Crippen molar-refractivity contribution in [3.8, 4) is 0 Å². The molecular weight excluding hydrogens is 202 g/mol. The molecule has 0 radical (unpaired) electrons. The van der Waals surface area contributed by atoms with Gasteiger partial charge in [-0.2, -0.15) is 9.61 Å². The van der Waals surface area contributed by atoms with Gasteiger partial charge in [-0.15, -0.1) is 10.2 Å². The third-order valence-corrected chi connectivity index (χ3v) is 2.46. The normalized spacial score (nSPS) is 12.2. The Kier molecular flexibility index (Phi) is 2.63. The van der Waals surface area contributed by atoms with Crippen molar-refractivity contribution in [1.29, 1.82) is 0 Å². The van der Waals surface area contributed by atoms with E-state index in [1.807, 2.05) is 12.1 Å². The van der Waals surface area contributed by atoms with Crippen LogP contribution in [-0.2, 0) is 11.8 Å². The smallest absolute Gasteiger partial charge is 0.177 e. The van der Waals surface area contributed by atoms with E-state index in [0.29, 0.717) is 13.0 Å². The summed E-state index contributed by atoms with van der Waals surface area (Å²) in [4.78, 5) is 0. The molecule has 2 aromatic heterocycles. The van der Waals surface area contributed by atoms with Crippen LogP contribution in [0.3, 0.4) is 0 Å². The predicted molar refractivity (Wildman–Crippen MR) is 62.2 cm³/mol. The molecule has 0 aromatic carbocycles. The molecule has 0 bridgehead atoms. The van der Waals surface area contributed by atoms with Crippen LogP contribution in [0.15, 0.2) is 12.1 Å². The zero-order valence-corrected chi connectivity index (χ0v) is 9.94. The van der Waals surface area contributed by atoms with Gasteiger partial charge in [-0.3, -0.25) is 0 Å². The maximum atomic E-state index is 5.53. The summed E-state index contributed by atoms with van der Waals surface area (Å²) >= 11 is 0. The fourth-order valence-electron chi connectivity index (χ4n) is 1.52. The summed E-state index contributed by atoms with van der Waals surface area (Å²) in [5.74, 6) is 0.823. The van der Waals surface area contributed by atoms with Gasteiger partial charge in [0.15, 0.2) is 11.5 Å². The first kappa shape index (κ1) is 11.0. The van der Waals surface area contributed by atoms with Crippen molar-refractivity contribution in [2.45, 2.75) is 32.6 Å². The monoisotopic (exact) mass is 219 g/mol. The molecule has 0 unspecified atom stereocenters. The lowest BCUT2D eigenvalue weighted by Gasteiger charge is -2.17. The number of rotatable bonds is 2. The fraction of sp³-hybridized carbons (Fsp3) is 0.545. The van der Waals surface area contributed by atoms with Crippen LogP contribution in [0, 0.1) is 0 Å². The lowest BCUT2D eigenvalue weighted by atomic mass is 9.92. The van der Waals surface area contributed by atoms with Gasteiger partial charge >= 0.3 is 0 Å². The van der Waals surface area contributed by atoms with E-state index in [1.165, 1.54) is 0 Å². The van der Waals surface area contributed by atoms with Crippen molar-refractivity contribution >= 4 is 5.65 Å². The van der Waals surface area contributed by atoms with Crippen LogP contribution in [0.5, 0.6) is 0 Å². The minimum Gasteiger partial charge on any atom is -0.330 e. The van der Waals surface area contributed by atoms with Gasteiger partial charge in [-0.05, 0) is 18.7 Å². The molecule has 0 atom stereocenters. The lowest BCUT2D eigenvalue weighted by molar-refractivity contribution is 0.551. The zero-order chi connectivity index (χ0) is 11.8. The third-order valence-electron chi connectivity index (χ3n) is 2.46. The van der Waals surface area contributed by atoms with E-state index in [4.69, 9.17) is 5.73 Å². The van der Waals surface area contributed by atoms with Gasteiger partial charge in [-0.1, -0.05) is 20.8 Å². The number of fused-ring (bicyclic) bond motifs is 1. The largest absolute Gasteiger partial charge is 0.330 e. The zero-order valence-electron chi connectivity index (χ0n) is 9.94. The average Bonchev–Trinajstić information content (AvgIpc) is 2.60. The Morgan fingerprint density at radius 1 is 1.25 bits per heavy atom. The van der Waals surface area contributed by atoms with Crippen LogP contribution in [0.2, 0.25) is 0 Å². The van der Waals surface area contributed by atoms with E-state index < -0.39 is 0 Å². The number of hydrogen-bond donors (Lipinski definition) is 1. The topological polar surface area (TPSA) is 69.1 Å². The van der Waals surface area contributed by atoms with E-state index in [9.17, 15) is 0 Å². The first-order chi connectivity index (χ1) is 7.52. The van der Waals surface area contributed by atoms with Crippen LogP contribution in [0.25, 0.3) is 5.65 Å². The average molecular weight is 219 g/mol. The molecule has 0 aliphatic heterocycles. The van der Waals surface area contributed by atoms with Crippen molar-refractivity contribution < 1.29 is 0 Å². The Bertz CT molecular complexity index is 495. The number of hydrogen-bond acceptors (Lipinski definition) is 4. The quantitative estimate of drug-likeness (QED) is 0.815. The third kappa shape index (κ3) is 1.90. The van der Waals surface area contributed by atoms with Gasteiger partial charge in [0.1, 0.15) is 0 Å². The van der Waals surface area contributed by atoms with Gasteiger partial charge < -0.3 is 5.73 Å². The van der Waals surface area contributed by atoms with Gasteiger partial charge in [0.25, 0.3) is 0 Å². The molecule has 0 spiro atoms. The van der Waals surface area contributed by atoms with E-state index in [0.717, 1.165) is 17.2 Å². The number of nitrogens with two attached hydrogens (primary N) is 1. The molecule has 0 fully saturated rings. The maximum absolute atomic E-state index is 5.53. The van der Waals surface area contributed by atoms with Crippen LogP contribution >= 0.6 is 0 Å². The maximum Gasteiger partial charge on any atom is 0.177 e. The highest BCUT2D eigenvalue weighted by atomic mass is 15.4. The molecule has 2 rings (SSSR count). The van der Waals surface area contributed by atoms with Crippen molar-refractivity contribution in [2.24, 2.45) is 5.73 Å². The van der Waals surface area contributed by atoms with Gasteiger partial charge in [-0.25, -0.2) is 0 Å². The molecule has 0 aliphatic rings. The number of aromatic nitrogens is 4. The van der Waals surface area contributed by atoms with E-state index in [1.54, 1.807) is 4.52 Å². The summed E-state index contributed by atoms with van der Waals surface area (Å²) in [6, 6.07) is 3.94. The molecule has 2 heterocycles. The summed E-state index contributed by atoms with van der Waals surface area (Å²) in [5.41, 5.74) is 7.35. The van der Waals surface area contributed by atoms with Crippen LogP contribution in [0.1, 0.15) is 32.3 Å². The fourth-order valence-corrected chi connectivity index (χ4v) is 1.52. The Hall–Kier alpha value is -1.49. The van der Waals surface area contributed by atoms with E-state index >= 15 is 0 Å². The summed E-state index contributed by atoms with van der Waals surface area (Å²) in [7, 11) is 0. The van der Waals surface area contributed by atoms with Crippen LogP contribution in [0.4, 0.5) is 0 Å². The molecular formula is C11H17N5. The Morgan fingerprint density at radius 3 is 2.62 bits per heavy atom. The molecule has 5 nitrogen and oxygen atoms in total. The highest BCUT2D eigenvalue weighted by Gasteiger charge is 2.17. The van der Waals surface area contributed by atoms with Gasteiger partial charge in [0, 0.05) is 11.8 Å². The van der Waals surface area contributed by atoms with Crippen LogP contribution in [-0.4, -0.2) is 26.4 Å². The molecule has 0 saturated heterocycles. The number of nitrogens with zero attached hydrogens (tertiary/aromatic N) is 4. The van der Waals surface area contributed by atoms with E-state index in [2.05, 4.69) is 36.1 Å². The Balaban J connectivity index is 2.54. The lowest BCUT2D eigenvalue weighted by Crippen LogP contribution is -2.16. The van der Waals surface area contributed by atoms with Crippen molar-refractivity contribution in [3.63, 3.8) is 0 Å². The second kappa shape index (κ2) is 3.83. The molecule has 5 heteroatoms. The highest BCUT2D eigenvalue weighted by molar-refractivity contribution is 5.37. The summed E-state index contributed by atoms with van der Waals surface area (Å²) < 4.78 is 1.79. The Morgan fingerprint density at radius 2 is 2.00 bits per heavy atom. The molecule has 16 heavy (non-hydrogen) atoms. The van der Waals surface area contributed by atoms with Crippen molar-refractivity contribution in [1.82, 2.24) is 19.8 Å². The SMILES string of the molecule is CC(C)(C)c1ccc2nnc(CCN)n2n1. The molecule has 0 amide bonds. The first-order valence-electron chi connectivity index (χ1n) is 5.44. The Labute approximate surface area is 94.7 Å². The van der Waals surface area contributed by atoms with E-state index in [-0.39, 0.29) is 5.41 Å².